The van der Waals surface area contributed by atoms with Gasteiger partial charge in [0, 0.05) is 9.79 Å². The lowest BCUT2D eigenvalue weighted by atomic mass is 9.95. The number of fused-ring (bicyclic) bond motifs is 2. The first-order chi connectivity index (χ1) is 12.7. The maximum absolute atomic E-state index is 13.4. The van der Waals surface area contributed by atoms with E-state index in [9.17, 15) is 9.90 Å². The molecule has 3 aromatic rings. The second-order valence-corrected chi connectivity index (χ2v) is 7.44. The van der Waals surface area contributed by atoms with Crippen LogP contribution in [-0.2, 0) is 4.79 Å². The van der Waals surface area contributed by atoms with Crippen LogP contribution in [0.3, 0.4) is 0 Å². The zero-order chi connectivity index (χ0) is 18.1. The second kappa shape index (κ2) is 6.98. The van der Waals surface area contributed by atoms with E-state index < -0.39 is 12.0 Å². The third kappa shape index (κ3) is 2.91. The Bertz CT molecular complexity index is 896. The molecule has 1 heterocycles. The van der Waals surface area contributed by atoms with Crippen molar-refractivity contribution >= 4 is 29.0 Å². The van der Waals surface area contributed by atoms with Crippen molar-refractivity contribution in [2.75, 3.05) is 4.90 Å². The first-order valence-electron chi connectivity index (χ1n) is 8.59. The number of hydrogen-bond donors (Lipinski definition) is 1. The van der Waals surface area contributed by atoms with Gasteiger partial charge in [-0.1, -0.05) is 73.3 Å². The molecular weight excluding hydrogens is 342 g/mol. The van der Waals surface area contributed by atoms with Crippen LogP contribution in [0.5, 0.6) is 0 Å². The first-order valence-corrected chi connectivity index (χ1v) is 9.41. The van der Waals surface area contributed by atoms with Crippen molar-refractivity contribution in [1.82, 2.24) is 0 Å². The molecule has 26 heavy (non-hydrogen) atoms. The molecule has 1 aliphatic rings. The van der Waals surface area contributed by atoms with Crippen molar-refractivity contribution in [3.63, 3.8) is 0 Å². The van der Waals surface area contributed by atoms with Gasteiger partial charge in [-0.05, 0) is 29.8 Å². The number of hydrogen-bond acceptors (Lipinski definition) is 3. The fraction of sp³-hybridized carbons (Fsp3) is 0.136. The van der Waals surface area contributed by atoms with Crippen LogP contribution in [0.2, 0.25) is 0 Å². The van der Waals surface area contributed by atoms with Gasteiger partial charge in [0.2, 0.25) is 5.91 Å². The lowest BCUT2D eigenvalue weighted by Crippen LogP contribution is -2.35. The Morgan fingerprint density at radius 3 is 1.92 bits per heavy atom. The summed E-state index contributed by atoms with van der Waals surface area (Å²) in [5, 5.41) is 10.7. The van der Waals surface area contributed by atoms with Crippen LogP contribution in [0.15, 0.2) is 88.7 Å². The SMILES string of the molecule is C[C@H](C(=O)N1c2ccccc2Sc2ccccc21)[C@@H](O)c1ccccc1. The molecule has 0 unspecified atom stereocenters. The number of carbonyl (C=O) groups excluding carboxylic acids is 1. The zero-order valence-electron chi connectivity index (χ0n) is 14.4. The van der Waals surface area contributed by atoms with Gasteiger partial charge in [-0.2, -0.15) is 0 Å². The molecule has 2 atom stereocenters. The van der Waals surface area contributed by atoms with Gasteiger partial charge in [-0.3, -0.25) is 9.69 Å². The predicted octanol–water partition coefficient (Wildman–Crippen LogP) is 5.19. The summed E-state index contributed by atoms with van der Waals surface area (Å²) in [4.78, 5) is 17.2. The molecule has 0 fully saturated rings. The molecule has 4 rings (SSSR count). The summed E-state index contributed by atoms with van der Waals surface area (Å²) >= 11 is 1.66. The number of nitrogens with zero attached hydrogens (tertiary/aromatic N) is 1. The van der Waals surface area contributed by atoms with Crippen molar-refractivity contribution in [2.24, 2.45) is 5.92 Å². The van der Waals surface area contributed by atoms with Gasteiger partial charge >= 0.3 is 0 Å². The van der Waals surface area contributed by atoms with E-state index in [4.69, 9.17) is 0 Å². The lowest BCUT2D eigenvalue weighted by molar-refractivity contribution is -0.124. The van der Waals surface area contributed by atoms with Gasteiger partial charge in [0.1, 0.15) is 0 Å². The number of rotatable bonds is 3. The second-order valence-electron chi connectivity index (χ2n) is 6.36. The van der Waals surface area contributed by atoms with Crippen LogP contribution in [0.1, 0.15) is 18.6 Å². The summed E-state index contributed by atoms with van der Waals surface area (Å²) in [5.74, 6) is -0.678. The van der Waals surface area contributed by atoms with E-state index in [1.165, 1.54) is 0 Å². The molecular formula is C22H19NO2S. The topological polar surface area (TPSA) is 40.5 Å². The zero-order valence-corrected chi connectivity index (χ0v) is 15.2. The number of para-hydroxylation sites is 2. The van der Waals surface area contributed by atoms with Gasteiger partial charge in [-0.15, -0.1) is 0 Å². The third-order valence-electron chi connectivity index (χ3n) is 4.66. The summed E-state index contributed by atoms with van der Waals surface area (Å²) in [6, 6.07) is 25.1. The highest BCUT2D eigenvalue weighted by molar-refractivity contribution is 7.99. The van der Waals surface area contributed by atoms with Crippen molar-refractivity contribution < 1.29 is 9.90 Å². The molecule has 3 aromatic carbocycles. The van der Waals surface area contributed by atoms with E-state index in [-0.39, 0.29) is 5.91 Å². The average Bonchev–Trinajstić information content (AvgIpc) is 2.71. The molecule has 130 valence electrons. The Morgan fingerprint density at radius 2 is 1.35 bits per heavy atom. The van der Waals surface area contributed by atoms with E-state index in [2.05, 4.69) is 0 Å². The lowest BCUT2D eigenvalue weighted by Gasteiger charge is -2.33. The molecule has 0 bridgehead atoms. The van der Waals surface area contributed by atoms with E-state index in [1.54, 1.807) is 23.6 Å². The molecule has 3 nitrogen and oxygen atoms in total. The van der Waals surface area contributed by atoms with E-state index >= 15 is 0 Å². The fourth-order valence-corrected chi connectivity index (χ4v) is 4.28. The number of benzene rings is 3. The standard InChI is InChI=1S/C22H19NO2S/c1-15(21(24)16-9-3-2-4-10-16)22(25)23-17-11-5-7-13-19(17)26-20-14-8-6-12-18(20)23/h2-15,21,24H,1H3/t15-,21+/m0/s1. The van der Waals surface area contributed by atoms with Gasteiger partial charge in [-0.25, -0.2) is 0 Å². The number of anilines is 2. The minimum absolute atomic E-state index is 0.110. The Balaban J connectivity index is 1.74. The van der Waals surface area contributed by atoms with Gasteiger partial charge in [0.25, 0.3) is 0 Å². The molecule has 0 aliphatic carbocycles. The first kappa shape index (κ1) is 16.9. The average molecular weight is 361 g/mol. The molecule has 0 aromatic heterocycles. The van der Waals surface area contributed by atoms with E-state index in [1.807, 2.05) is 78.9 Å². The molecule has 1 amide bonds. The summed E-state index contributed by atoms with van der Waals surface area (Å²) in [6.07, 6.45) is -0.849. The molecule has 0 saturated carbocycles. The summed E-state index contributed by atoms with van der Waals surface area (Å²) in [7, 11) is 0. The van der Waals surface area contributed by atoms with Crippen LogP contribution >= 0.6 is 11.8 Å². The van der Waals surface area contributed by atoms with Crippen LogP contribution in [0, 0.1) is 5.92 Å². The molecule has 0 spiro atoms. The Labute approximate surface area is 157 Å². The number of amides is 1. The maximum Gasteiger partial charge on any atom is 0.237 e. The van der Waals surface area contributed by atoms with Gasteiger partial charge < -0.3 is 5.11 Å². The molecule has 4 heteroatoms. The van der Waals surface area contributed by atoms with Gasteiger partial charge in [0.15, 0.2) is 0 Å². The van der Waals surface area contributed by atoms with Crippen molar-refractivity contribution in [3.05, 3.63) is 84.4 Å². The monoisotopic (exact) mass is 361 g/mol. The largest absolute Gasteiger partial charge is 0.388 e. The minimum atomic E-state index is -0.849. The summed E-state index contributed by atoms with van der Waals surface area (Å²) in [5.41, 5.74) is 2.49. The number of aliphatic hydroxyl groups excluding tert-OH is 1. The van der Waals surface area contributed by atoms with Crippen molar-refractivity contribution in [1.29, 1.82) is 0 Å². The normalized spacial score (nSPS) is 14.9. The number of carbonyl (C=O) groups is 1. The molecule has 0 radical (unpaired) electrons. The molecule has 0 saturated heterocycles. The minimum Gasteiger partial charge on any atom is -0.388 e. The highest BCUT2D eigenvalue weighted by atomic mass is 32.2. The third-order valence-corrected chi connectivity index (χ3v) is 5.79. The molecule has 1 N–H and O–H groups in total. The highest BCUT2D eigenvalue weighted by Crippen LogP contribution is 2.48. The fourth-order valence-electron chi connectivity index (χ4n) is 3.22. The van der Waals surface area contributed by atoms with Crippen molar-refractivity contribution in [3.8, 4) is 0 Å². The smallest absolute Gasteiger partial charge is 0.237 e. The predicted molar refractivity (Wildman–Crippen MR) is 105 cm³/mol. The van der Waals surface area contributed by atoms with Crippen LogP contribution < -0.4 is 4.90 Å². The molecule has 1 aliphatic heterocycles. The van der Waals surface area contributed by atoms with Gasteiger partial charge in [0.05, 0.1) is 23.4 Å². The summed E-state index contributed by atoms with van der Waals surface area (Å²) < 4.78 is 0. The Kier molecular flexibility index (Phi) is 4.53. The highest BCUT2D eigenvalue weighted by Gasteiger charge is 2.33. The van der Waals surface area contributed by atoms with E-state index in [0.717, 1.165) is 26.7 Å². The summed E-state index contributed by atoms with van der Waals surface area (Å²) in [6.45, 7) is 1.78. The van der Waals surface area contributed by atoms with E-state index in [0.29, 0.717) is 0 Å². The van der Waals surface area contributed by atoms with Crippen molar-refractivity contribution in [2.45, 2.75) is 22.8 Å². The van der Waals surface area contributed by atoms with Crippen LogP contribution in [-0.4, -0.2) is 11.0 Å². The quantitative estimate of drug-likeness (QED) is 0.698. The maximum atomic E-state index is 13.4. The van der Waals surface area contributed by atoms with Crippen LogP contribution in [0.25, 0.3) is 0 Å². The van der Waals surface area contributed by atoms with Crippen LogP contribution in [0.4, 0.5) is 11.4 Å². The number of aliphatic hydroxyl groups is 1. The Morgan fingerprint density at radius 1 is 0.846 bits per heavy atom. The Hall–Kier alpha value is -2.56.